The van der Waals surface area contributed by atoms with Crippen LogP contribution in [0.25, 0.3) is 0 Å². The SMILES string of the molecule is CC(=O)c1c[nH]c(C(=O)OCC(=O)N2CCC[C@@H](C)C2)c1. The number of nitrogens with zero attached hydrogens (tertiary/aromatic N) is 1. The van der Waals surface area contributed by atoms with E-state index in [1.54, 1.807) is 4.90 Å². The third-order valence-corrected chi connectivity index (χ3v) is 3.65. The molecule has 1 aromatic rings. The number of piperidine rings is 1. The second-order valence-electron chi connectivity index (χ2n) is 5.52. The standard InChI is InChI=1S/C15H20N2O4/c1-10-4-3-5-17(8-10)14(19)9-21-15(20)13-6-12(7-16-13)11(2)18/h6-7,10,16H,3-5,8-9H2,1-2H3/t10-/m1/s1. The highest BCUT2D eigenvalue weighted by atomic mass is 16.5. The zero-order valence-electron chi connectivity index (χ0n) is 12.3. The average Bonchev–Trinajstić information content (AvgIpc) is 2.94. The lowest BCUT2D eigenvalue weighted by Crippen LogP contribution is -2.41. The summed E-state index contributed by atoms with van der Waals surface area (Å²) >= 11 is 0. The number of esters is 1. The summed E-state index contributed by atoms with van der Waals surface area (Å²) in [5.74, 6) is -0.447. The van der Waals surface area contributed by atoms with Gasteiger partial charge in [0.05, 0.1) is 0 Å². The number of rotatable bonds is 4. The zero-order chi connectivity index (χ0) is 15.4. The summed E-state index contributed by atoms with van der Waals surface area (Å²) in [4.78, 5) is 39.3. The summed E-state index contributed by atoms with van der Waals surface area (Å²) in [7, 11) is 0. The van der Waals surface area contributed by atoms with Crippen molar-refractivity contribution in [3.63, 3.8) is 0 Å². The van der Waals surface area contributed by atoms with Gasteiger partial charge in [-0.15, -0.1) is 0 Å². The van der Waals surface area contributed by atoms with Crippen molar-refractivity contribution in [3.8, 4) is 0 Å². The average molecular weight is 292 g/mol. The van der Waals surface area contributed by atoms with Gasteiger partial charge in [-0.05, 0) is 31.7 Å². The highest BCUT2D eigenvalue weighted by molar-refractivity contribution is 5.97. The number of ketones is 1. The number of aromatic amines is 1. The first-order chi connectivity index (χ1) is 9.97. The van der Waals surface area contributed by atoms with E-state index in [1.165, 1.54) is 19.2 Å². The van der Waals surface area contributed by atoms with Crippen LogP contribution in [-0.4, -0.2) is 47.2 Å². The number of likely N-dealkylation sites (tertiary alicyclic amines) is 1. The lowest BCUT2D eigenvalue weighted by Gasteiger charge is -2.30. The maximum atomic E-state index is 12.0. The molecule has 1 fully saturated rings. The van der Waals surface area contributed by atoms with Crippen molar-refractivity contribution in [2.75, 3.05) is 19.7 Å². The molecule has 21 heavy (non-hydrogen) atoms. The van der Waals surface area contributed by atoms with Crippen molar-refractivity contribution < 1.29 is 19.1 Å². The number of aromatic nitrogens is 1. The molecule has 0 aromatic carbocycles. The van der Waals surface area contributed by atoms with Gasteiger partial charge in [0.25, 0.3) is 5.91 Å². The van der Waals surface area contributed by atoms with Crippen LogP contribution in [0.1, 0.15) is 47.5 Å². The van der Waals surface area contributed by atoms with Crippen LogP contribution in [0.4, 0.5) is 0 Å². The maximum Gasteiger partial charge on any atom is 0.355 e. The van der Waals surface area contributed by atoms with E-state index in [0.29, 0.717) is 18.0 Å². The van der Waals surface area contributed by atoms with Gasteiger partial charge in [0.1, 0.15) is 5.69 Å². The van der Waals surface area contributed by atoms with Crippen molar-refractivity contribution in [2.24, 2.45) is 5.92 Å². The Morgan fingerprint density at radius 2 is 2.19 bits per heavy atom. The Morgan fingerprint density at radius 1 is 1.43 bits per heavy atom. The number of hydrogen-bond donors (Lipinski definition) is 1. The lowest BCUT2D eigenvalue weighted by atomic mass is 10.0. The number of carbonyl (C=O) groups is 3. The van der Waals surface area contributed by atoms with E-state index in [0.717, 1.165) is 19.4 Å². The molecular weight excluding hydrogens is 272 g/mol. The highest BCUT2D eigenvalue weighted by Gasteiger charge is 2.22. The van der Waals surface area contributed by atoms with Gasteiger partial charge in [0.15, 0.2) is 12.4 Å². The van der Waals surface area contributed by atoms with E-state index in [4.69, 9.17) is 4.74 Å². The zero-order valence-corrected chi connectivity index (χ0v) is 12.3. The Hall–Kier alpha value is -2.11. The number of amides is 1. The minimum Gasteiger partial charge on any atom is -0.451 e. The third-order valence-electron chi connectivity index (χ3n) is 3.65. The summed E-state index contributed by atoms with van der Waals surface area (Å²) in [5.41, 5.74) is 0.596. The molecule has 0 spiro atoms. The number of nitrogens with one attached hydrogen (secondary N) is 1. The molecule has 0 aliphatic carbocycles. The summed E-state index contributed by atoms with van der Waals surface area (Å²) in [6, 6.07) is 1.43. The molecule has 1 aliphatic rings. The van der Waals surface area contributed by atoms with Crippen LogP contribution >= 0.6 is 0 Å². The van der Waals surface area contributed by atoms with E-state index in [2.05, 4.69) is 11.9 Å². The Balaban J connectivity index is 1.85. The molecule has 1 saturated heterocycles. The van der Waals surface area contributed by atoms with Crippen molar-refractivity contribution in [1.82, 2.24) is 9.88 Å². The smallest absolute Gasteiger partial charge is 0.355 e. The van der Waals surface area contributed by atoms with Crippen LogP contribution in [0.2, 0.25) is 0 Å². The molecule has 0 radical (unpaired) electrons. The number of carbonyl (C=O) groups excluding carboxylic acids is 3. The largest absolute Gasteiger partial charge is 0.451 e. The molecule has 1 atom stereocenters. The molecule has 1 aliphatic heterocycles. The van der Waals surface area contributed by atoms with Crippen molar-refractivity contribution in [1.29, 1.82) is 0 Å². The molecular formula is C15H20N2O4. The van der Waals surface area contributed by atoms with Gasteiger partial charge < -0.3 is 14.6 Å². The summed E-state index contributed by atoms with van der Waals surface area (Å²) in [6.07, 6.45) is 3.56. The van der Waals surface area contributed by atoms with Crippen LogP contribution in [0.5, 0.6) is 0 Å². The number of ether oxygens (including phenoxy) is 1. The van der Waals surface area contributed by atoms with Crippen molar-refractivity contribution in [3.05, 3.63) is 23.5 Å². The molecule has 1 amide bonds. The van der Waals surface area contributed by atoms with Gasteiger partial charge in [-0.3, -0.25) is 9.59 Å². The number of H-pyrrole nitrogens is 1. The first-order valence-electron chi connectivity index (χ1n) is 7.11. The van der Waals surface area contributed by atoms with Crippen LogP contribution in [0, 0.1) is 5.92 Å². The topological polar surface area (TPSA) is 79.5 Å². The maximum absolute atomic E-state index is 12.0. The monoisotopic (exact) mass is 292 g/mol. The Bertz CT molecular complexity index is 550. The van der Waals surface area contributed by atoms with Gasteiger partial charge >= 0.3 is 5.97 Å². The second kappa shape index (κ2) is 6.56. The van der Waals surface area contributed by atoms with E-state index < -0.39 is 5.97 Å². The molecule has 114 valence electrons. The van der Waals surface area contributed by atoms with Gasteiger partial charge in [0.2, 0.25) is 0 Å². The Kier molecular flexibility index (Phi) is 4.77. The van der Waals surface area contributed by atoms with Crippen LogP contribution in [0.15, 0.2) is 12.3 Å². The quantitative estimate of drug-likeness (QED) is 0.675. The predicted molar refractivity (Wildman–Crippen MR) is 76.1 cm³/mol. The van der Waals surface area contributed by atoms with Gasteiger partial charge in [-0.2, -0.15) is 0 Å². The molecule has 6 heteroatoms. The van der Waals surface area contributed by atoms with E-state index in [1.807, 2.05) is 0 Å². The summed E-state index contributed by atoms with van der Waals surface area (Å²) in [6.45, 7) is 4.69. The third kappa shape index (κ3) is 3.93. The van der Waals surface area contributed by atoms with Crippen LogP contribution in [0.3, 0.4) is 0 Å². The number of hydrogen-bond acceptors (Lipinski definition) is 4. The predicted octanol–water partition coefficient (Wildman–Crippen LogP) is 1.63. The molecule has 2 rings (SSSR count). The first kappa shape index (κ1) is 15.3. The Morgan fingerprint density at radius 3 is 2.81 bits per heavy atom. The van der Waals surface area contributed by atoms with Crippen LogP contribution < -0.4 is 0 Å². The fourth-order valence-electron chi connectivity index (χ4n) is 2.43. The normalized spacial score (nSPS) is 18.4. The molecule has 0 saturated carbocycles. The van der Waals surface area contributed by atoms with E-state index >= 15 is 0 Å². The molecule has 1 N–H and O–H groups in total. The van der Waals surface area contributed by atoms with E-state index in [-0.39, 0.29) is 24.0 Å². The summed E-state index contributed by atoms with van der Waals surface area (Å²) in [5, 5.41) is 0. The molecule has 1 aromatic heterocycles. The molecule has 6 nitrogen and oxygen atoms in total. The van der Waals surface area contributed by atoms with Crippen molar-refractivity contribution >= 4 is 17.7 Å². The van der Waals surface area contributed by atoms with Gasteiger partial charge in [-0.25, -0.2) is 4.79 Å². The van der Waals surface area contributed by atoms with Gasteiger partial charge in [0, 0.05) is 24.8 Å². The van der Waals surface area contributed by atoms with Crippen LogP contribution in [-0.2, 0) is 9.53 Å². The first-order valence-corrected chi connectivity index (χ1v) is 7.11. The highest BCUT2D eigenvalue weighted by Crippen LogP contribution is 2.15. The number of Topliss-reactive ketones (excluding diaryl/α,β-unsaturated/α-hetero) is 1. The molecule has 2 heterocycles. The lowest BCUT2D eigenvalue weighted by molar-refractivity contribution is -0.136. The molecule has 0 bridgehead atoms. The van der Waals surface area contributed by atoms with Gasteiger partial charge in [-0.1, -0.05) is 6.92 Å². The van der Waals surface area contributed by atoms with Crippen molar-refractivity contribution in [2.45, 2.75) is 26.7 Å². The molecule has 0 unspecified atom stereocenters. The second-order valence-corrected chi connectivity index (χ2v) is 5.52. The van der Waals surface area contributed by atoms with E-state index in [9.17, 15) is 14.4 Å². The Labute approximate surface area is 123 Å². The fourth-order valence-corrected chi connectivity index (χ4v) is 2.43. The summed E-state index contributed by atoms with van der Waals surface area (Å²) < 4.78 is 5.00. The minimum absolute atomic E-state index is 0.135. The fraction of sp³-hybridized carbons (Fsp3) is 0.533. The minimum atomic E-state index is -0.624.